The van der Waals surface area contributed by atoms with Crippen LogP contribution in [-0.4, -0.2) is 13.1 Å². The van der Waals surface area contributed by atoms with Gasteiger partial charge in [-0.15, -0.1) is 0 Å². The van der Waals surface area contributed by atoms with E-state index in [9.17, 15) is 4.79 Å². The number of nitrogens with two attached hydrogens (primary N) is 1. The Morgan fingerprint density at radius 3 is 2.26 bits per heavy atom. The van der Waals surface area contributed by atoms with Crippen LogP contribution in [0.5, 0.6) is 0 Å². The molecule has 0 bridgehead atoms. The maximum atomic E-state index is 12.0. The Labute approximate surface area is 116 Å². The minimum atomic E-state index is -0.230. The smallest absolute Gasteiger partial charge is 0.326 e. The summed E-state index contributed by atoms with van der Waals surface area (Å²) < 4.78 is 0. The van der Waals surface area contributed by atoms with Gasteiger partial charge in [0.25, 0.3) is 0 Å². The molecule has 2 aromatic carbocycles. The highest BCUT2D eigenvalue weighted by molar-refractivity contribution is 6.30. The van der Waals surface area contributed by atoms with Crippen LogP contribution >= 0.6 is 11.6 Å². The molecule has 0 saturated carbocycles. The van der Waals surface area contributed by atoms with Gasteiger partial charge in [-0.2, -0.15) is 0 Å². The van der Waals surface area contributed by atoms with E-state index < -0.39 is 0 Å². The largest absolute Gasteiger partial charge is 0.399 e. The van der Waals surface area contributed by atoms with Crippen LogP contribution in [-0.2, 0) is 0 Å². The number of hydrogen-bond acceptors (Lipinski definition) is 2. The Kier molecular flexibility index (Phi) is 3.92. The number of benzene rings is 2. The van der Waals surface area contributed by atoms with Crippen molar-refractivity contribution in [2.24, 2.45) is 0 Å². The maximum absolute atomic E-state index is 12.0. The first-order valence-electron chi connectivity index (χ1n) is 5.72. The molecule has 0 aliphatic rings. The average molecular weight is 276 g/mol. The molecule has 4 nitrogen and oxygen atoms in total. The second kappa shape index (κ2) is 5.63. The standard InChI is InChI=1S/C14H14ClN3O/c1-18(13-8-4-11(16)5-9-13)14(19)17-12-6-2-10(15)3-7-12/h2-9H,16H2,1H3,(H,17,19). The summed E-state index contributed by atoms with van der Waals surface area (Å²) in [6.45, 7) is 0. The van der Waals surface area contributed by atoms with Crippen LogP contribution in [0.1, 0.15) is 0 Å². The van der Waals surface area contributed by atoms with E-state index in [2.05, 4.69) is 5.32 Å². The minimum Gasteiger partial charge on any atom is -0.399 e. The predicted octanol–water partition coefficient (Wildman–Crippen LogP) is 3.59. The van der Waals surface area contributed by atoms with Crippen molar-refractivity contribution in [2.45, 2.75) is 0 Å². The summed E-state index contributed by atoms with van der Waals surface area (Å²) >= 11 is 5.79. The van der Waals surface area contributed by atoms with Gasteiger partial charge in [0.1, 0.15) is 0 Å². The van der Waals surface area contributed by atoms with Crippen LogP contribution in [0.15, 0.2) is 48.5 Å². The number of nitrogens with one attached hydrogen (secondary N) is 1. The van der Waals surface area contributed by atoms with Gasteiger partial charge in [0.15, 0.2) is 0 Å². The molecule has 2 rings (SSSR count). The molecule has 98 valence electrons. The lowest BCUT2D eigenvalue weighted by molar-refractivity contribution is 0.258. The predicted molar refractivity (Wildman–Crippen MR) is 79.7 cm³/mol. The Bertz CT molecular complexity index is 566. The Morgan fingerprint density at radius 1 is 1.11 bits per heavy atom. The molecule has 0 unspecified atom stereocenters. The Morgan fingerprint density at radius 2 is 1.68 bits per heavy atom. The molecule has 0 aliphatic carbocycles. The first-order chi connectivity index (χ1) is 9.06. The van der Waals surface area contributed by atoms with E-state index in [1.165, 1.54) is 4.90 Å². The number of carbonyl (C=O) groups is 1. The van der Waals surface area contributed by atoms with Crippen LogP contribution in [0, 0.1) is 0 Å². The molecular weight excluding hydrogens is 262 g/mol. The van der Waals surface area contributed by atoms with E-state index in [0.717, 1.165) is 5.69 Å². The summed E-state index contributed by atoms with van der Waals surface area (Å²) in [4.78, 5) is 13.5. The summed E-state index contributed by atoms with van der Waals surface area (Å²) in [5.41, 5.74) is 7.73. The molecule has 2 amide bonds. The van der Waals surface area contributed by atoms with Crippen LogP contribution in [0.25, 0.3) is 0 Å². The number of amides is 2. The minimum absolute atomic E-state index is 0.230. The highest BCUT2D eigenvalue weighted by Crippen LogP contribution is 2.17. The zero-order valence-corrected chi connectivity index (χ0v) is 11.2. The molecule has 5 heteroatoms. The van der Waals surface area contributed by atoms with Gasteiger partial charge in [0.05, 0.1) is 0 Å². The number of anilines is 3. The third-order valence-corrected chi connectivity index (χ3v) is 2.93. The first kappa shape index (κ1) is 13.2. The topological polar surface area (TPSA) is 58.4 Å². The second-order valence-electron chi connectivity index (χ2n) is 4.09. The van der Waals surface area contributed by atoms with Crippen molar-refractivity contribution < 1.29 is 4.79 Å². The number of halogens is 1. The zero-order valence-electron chi connectivity index (χ0n) is 10.4. The van der Waals surface area contributed by atoms with Crippen LogP contribution in [0.4, 0.5) is 21.9 Å². The van der Waals surface area contributed by atoms with Crippen LogP contribution in [0.3, 0.4) is 0 Å². The van der Waals surface area contributed by atoms with Crippen molar-refractivity contribution in [3.05, 3.63) is 53.6 Å². The van der Waals surface area contributed by atoms with Gasteiger partial charge in [-0.25, -0.2) is 4.79 Å². The molecule has 0 spiro atoms. The third-order valence-electron chi connectivity index (χ3n) is 2.68. The van der Waals surface area contributed by atoms with Gasteiger partial charge < -0.3 is 11.1 Å². The van der Waals surface area contributed by atoms with Crippen molar-refractivity contribution in [1.29, 1.82) is 0 Å². The molecule has 0 fully saturated rings. The Balaban J connectivity index is 2.07. The van der Waals surface area contributed by atoms with Crippen molar-refractivity contribution in [3.8, 4) is 0 Å². The molecule has 0 aromatic heterocycles. The molecule has 0 heterocycles. The molecule has 0 atom stereocenters. The van der Waals surface area contributed by atoms with E-state index in [1.54, 1.807) is 55.6 Å². The van der Waals surface area contributed by atoms with E-state index in [-0.39, 0.29) is 6.03 Å². The highest BCUT2D eigenvalue weighted by Gasteiger charge is 2.10. The summed E-state index contributed by atoms with van der Waals surface area (Å²) in [5, 5.41) is 3.41. The van der Waals surface area contributed by atoms with Crippen molar-refractivity contribution >= 4 is 34.7 Å². The van der Waals surface area contributed by atoms with E-state index in [4.69, 9.17) is 17.3 Å². The third kappa shape index (κ3) is 3.39. The number of urea groups is 1. The summed E-state index contributed by atoms with van der Waals surface area (Å²) in [7, 11) is 1.69. The number of rotatable bonds is 2. The van der Waals surface area contributed by atoms with Gasteiger partial charge >= 0.3 is 6.03 Å². The fraction of sp³-hybridized carbons (Fsp3) is 0.0714. The lowest BCUT2D eigenvalue weighted by Gasteiger charge is -2.18. The van der Waals surface area contributed by atoms with Gasteiger partial charge in [0.2, 0.25) is 0 Å². The number of hydrogen-bond donors (Lipinski definition) is 2. The van der Waals surface area contributed by atoms with Crippen molar-refractivity contribution in [2.75, 3.05) is 23.0 Å². The summed E-state index contributed by atoms with van der Waals surface area (Å²) in [6, 6.07) is 13.8. The lowest BCUT2D eigenvalue weighted by atomic mass is 10.2. The molecular formula is C14H14ClN3O. The van der Waals surface area contributed by atoms with Gasteiger partial charge in [-0.1, -0.05) is 11.6 Å². The lowest BCUT2D eigenvalue weighted by Crippen LogP contribution is -2.31. The monoisotopic (exact) mass is 275 g/mol. The van der Waals surface area contributed by atoms with Gasteiger partial charge in [-0.3, -0.25) is 4.90 Å². The fourth-order valence-corrected chi connectivity index (χ4v) is 1.68. The molecule has 3 N–H and O–H groups in total. The molecule has 0 saturated heterocycles. The van der Waals surface area contributed by atoms with Gasteiger partial charge in [0, 0.05) is 29.1 Å². The molecule has 2 aromatic rings. The number of nitrogens with zero attached hydrogens (tertiary/aromatic N) is 1. The number of carbonyl (C=O) groups excluding carboxylic acids is 1. The van der Waals surface area contributed by atoms with E-state index in [1.807, 2.05) is 0 Å². The molecule has 0 radical (unpaired) electrons. The zero-order chi connectivity index (χ0) is 13.8. The second-order valence-corrected chi connectivity index (χ2v) is 4.52. The van der Waals surface area contributed by atoms with E-state index >= 15 is 0 Å². The molecule has 19 heavy (non-hydrogen) atoms. The van der Waals surface area contributed by atoms with Crippen LogP contribution < -0.4 is 16.0 Å². The average Bonchev–Trinajstić information content (AvgIpc) is 2.41. The van der Waals surface area contributed by atoms with Crippen molar-refractivity contribution in [3.63, 3.8) is 0 Å². The fourth-order valence-electron chi connectivity index (χ4n) is 1.56. The summed E-state index contributed by atoms with van der Waals surface area (Å²) in [6.07, 6.45) is 0. The normalized spacial score (nSPS) is 10.0. The quantitative estimate of drug-likeness (QED) is 0.823. The summed E-state index contributed by atoms with van der Waals surface area (Å²) in [5.74, 6) is 0. The van der Waals surface area contributed by atoms with Crippen LogP contribution in [0.2, 0.25) is 5.02 Å². The number of nitrogen functional groups attached to an aromatic ring is 1. The van der Waals surface area contributed by atoms with Crippen molar-refractivity contribution in [1.82, 2.24) is 0 Å². The van der Waals surface area contributed by atoms with Gasteiger partial charge in [-0.05, 0) is 48.5 Å². The SMILES string of the molecule is CN(C(=O)Nc1ccc(Cl)cc1)c1ccc(N)cc1. The maximum Gasteiger partial charge on any atom is 0.326 e. The molecule has 0 aliphatic heterocycles. The Hall–Kier alpha value is -2.20. The first-order valence-corrected chi connectivity index (χ1v) is 6.10. The highest BCUT2D eigenvalue weighted by atomic mass is 35.5. The van der Waals surface area contributed by atoms with E-state index in [0.29, 0.717) is 16.4 Å².